The van der Waals surface area contributed by atoms with E-state index in [-0.39, 0.29) is 6.61 Å². The van der Waals surface area contributed by atoms with Crippen molar-refractivity contribution >= 4 is 22.6 Å². The van der Waals surface area contributed by atoms with Crippen molar-refractivity contribution in [3.05, 3.63) is 9.66 Å². The summed E-state index contributed by atoms with van der Waals surface area (Å²) in [5.41, 5.74) is -0.237. The van der Waals surface area contributed by atoms with Crippen LogP contribution in [-0.2, 0) is 0 Å². The van der Waals surface area contributed by atoms with Gasteiger partial charge in [-0.2, -0.15) is 0 Å². The van der Waals surface area contributed by atoms with Gasteiger partial charge in [-0.1, -0.05) is 22.6 Å². The predicted octanol–water partition coefficient (Wildman–Crippen LogP) is 1.07. The van der Waals surface area contributed by atoms with Crippen LogP contribution in [0.15, 0.2) is 9.66 Å². The molecule has 2 nitrogen and oxygen atoms in total. The van der Waals surface area contributed by atoms with Crippen molar-refractivity contribution in [3.8, 4) is 0 Å². The van der Waals surface area contributed by atoms with E-state index in [1.54, 1.807) is 17.9 Å². The summed E-state index contributed by atoms with van der Waals surface area (Å²) < 4.78 is 1.69. The van der Waals surface area contributed by atoms with Crippen LogP contribution in [0.4, 0.5) is 0 Å². The molecule has 9 heavy (non-hydrogen) atoms. The van der Waals surface area contributed by atoms with Gasteiger partial charge < -0.3 is 10.2 Å². The lowest BCUT2D eigenvalue weighted by molar-refractivity contribution is 0.105. The fraction of sp³-hybridized carbons (Fsp3) is 0.667. The minimum atomic E-state index is -0.879. The molecule has 0 rings (SSSR count). The molecule has 54 valence electrons. The predicted molar refractivity (Wildman–Crippen MR) is 45.5 cm³/mol. The van der Waals surface area contributed by atoms with Crippen LogP contribution < -0.4 is 0 Å². The lowest BCUT2D eigenvalue weighted by Crippen LogP contribution is -2.23. The van der Waals surface area contributed by atoms with Gasteiger partial charge in [0.05, 0.1) is 12.2 Å². The molecule has 0 spiro atoms. The Morgan fingerprint density at radius 2 is 2.11 bits per heavy atom. The molecular formula is C6H11IO2. The molecule has 0 saturated heterocycles. The molecule has 0 aliphatic rings. The molecule has 0 amide bonds. The molecular weight excluding hydrogens is 231 g/mol. The lowest BCUT2D eigenvalue weighted by atomic mass is 10.0. The smallest absolute Gasteiger partial charge is 0.0830 e. The second-order valence-corrected chi connectivity index (χ2v) is 2.97. The molecule has 0 bridgehead atoms. The summed E-state index contributed by atoms with van der Waals surface area (Å²) in [6, 6.07) is 0. The fourth-order valence-corrected chi connectivity index (χ4v) is 1.32. The van der Waals surface area contributed by atoms with Crippen molar-refractivity contribution in [2.45, 2.75) is 19.4 Å². The molecule has 2 N–H and O–H groups in total. The average Bonchev–Trinajstić information content (AvgIpc) is 1.65. The van der Waals surface area contributed by atoms with E-state index in [1.165, 1.54) is 0 Å². The van der Waals surface area contributed by atoms with Gasteiger partial charge in [0.15, 0.2) is 0 Å². The molecule has 0 saturated carbocycles. The molecule has 0 fully saturated rings. The van der Waals surface area contributed by atoms with Crippen LogP contribution in [0.5, 0.6) is 0 Å². The SMILES string of the molecule is CC(C)(O)C(=CI)CO. The summed E-state index contributed by atoms with van der Waals surface area (Å²) in [5, 5.41) is 17.9. The van der Waals surface area contributed by atoms with E-state index < -0.39 is 5.60 Å². The molecule has 3 heteroatoms. The highest BCUT2D eigenvalue weighted by Gasteiger charge is 2.16. The summed E-state index contributed by atoms with van der Waals surface area (Å²) in [4.78, 5) is 0. The van der Waals surface area contributed by atoms with Crippen molar-refractivity contribution in [2.75, 3.05) is 6.61 Å². The number of aliphatic hydroxyl groups excluding tert-OH is 1. The van der Waals surface area contributed by atoms with Crippen molar-refractivity contribution in [3.63, 3.8) is 0 Å². The minimum Gasteiger partial charge on any atom is -0.392 e. The van der Waals surface area contributed by atoms with E-state index in [9.17, 15) is 5.11 Å². The van der Waals surface area contributed by atoms with Gasteiger partial charge in [0, 0.05) is 0 Å². The number of aliphatic hydroxyl groups is 2. The zero-order valence-electron chi connectivity index (χ0n) is 5.56. The first-order chi connectivity index (χ1) is 4.02. The third-order valence-corrected chi connectivity index (χ3v) is 1.84. The Balaban J connectivity index is 4.14. The molecule has 0 aromatic carbocycles. The van der Waals surface area contributed by atoms with E-state index in [4.69, 9.17) is 5.11 Å². The summed E-state index contributed by atoms with van der Waals surface area (Å²) >= 11 is 1.99. The first-order valence-corrected chi connectivity index (χ1v) is 3.90. The van der Waals surface area contributed by atoms with Crippen molar-refractivity contribution < 1.29 is 10.2 Å². The summed E-state index contributed by atoms with van der Waals surface area (Å²) in [6.07, 6.45) is 0. The molecule has 0 aromatic heterocycles. The topological polar surface area (TPSA) is 40.5 Å². The van der Waals surface area contributed by atoms with Crippen LogP contribution in [0.1, 0.15) is 13.8 Å². The minimum absolute atomic E-state index is 0.0769. The highest BCUT2D eigenvalue weighted by Crippen LogP contribution is 2.15. The number of hydrogen-bond acceptors (Lipinski definition) is 2. The van der Waals surface area contributed by atoms with Crippen LogP contribution in [0, 0.1) is 0 Å². The Morgan fingerprint density at radius 3 is 2.11 bits per heavy atom. The van der Waals surface area contributed by atoms with Gasteiger partial charge in [-0.15, -0.1) is 0 Å². The van der Waals surface area contributed by atoms with Gasteiger partial charge in [0.2, 0.25) is 0 Å². The van der Waals surface area contributed by atoms with Gasteiger partial charge in [-0.3, -0.25) is 0 Å². The van der Waals surface area contributed by atoms with Crippen LogP contribution in [0.25, 0.3) is 0 Å². The monoisotopic (exact) mass is 242 g/mol. The Morgan fingerprint density at radius 1 is 1.67 bits per heavy atom. The maximum Gasteiger partial charge on any atom is 0.0830 e. The Bertz CT molecular complexity index is 113. The number of halogens is 1. The van der Waals surface area contributed by atoms with E-state index in [0.29, 0.717) is 5.57 Å². The summed E-state index contributed by atoms with van der Waals surface area (Å²) in [7, 11) is 0. The average molecular weight is 242 g/mol. The second-order valence-electron chi connectivity index (χ2n) is 2.35. The summed E-state index contributed by atoms with van der Waals surface area (Å²) in [6.45, 7) is 3.22. The fourth-order valence-electron chi connectivity index (χ4n) is 0.361. The highest BCUT2D eigenvalue weighted by molar-refractivity contribution is 14.1. The first-order valence-electron chi connectivity index (χ1n) is 2.65. The van der Waals surface area contributed by atoms with Crippen LogP contribution in [-0.4, -0.2) is 22.4 Å². The zero-order chi connectivity index (χ0) is 7.49. The van der Waals surface area contributed by atoms with Crippen molar-refractivity contribution in [1.29, 1.82) is 0 Å². The Labute approximate surface area is 68.7 Å². The van der Waals surface area contributed by atoms with E-state index >= 15 is 0 Å². The molecule has 0 heterocycles. The Kier molecular flexibility index (Phi) is 3.68. The lowest BCUT2D eigenvalue weighted by Gasteiger charge is -2.18. The largest absolute Gasteiger partial charge is 0.392 e. The molecule has 0 unspecified atom stereocenters. The van der Waals surface area contributed by atoms with Crippen LogP contribution in [0.3, 0.4) is 0 Å². The maximum absolute atomic E-state index is 9.24. The normalized spacial score (nSPS) is 14.1. The maximum atomic E-state index is 9.24. The molecule has 0 aromatic rings. The van der Waals surface area contributed by atoms with E-state index in [1.807, 2.05) is 22.6 Å². The molecule has 0 radical (unpaired) electrons. The van der Waals surface area contributed by atoms with Gasteiger partial charge >= 0.3 is 0 Å². The molecule has 0 aliphatic carbocycles. The van der Waals surface area contributed by atoms with Crippen LogP contribution in [0.2, 0.25) is 0 Å². The third-order valence-electron chi connectivity index (χ3n) is 1.09. The van der Waals surface area contributed by atoms with Gasteiger partial charge in [-0.25, -0.2) is 0 Å². The summed E-state index contributed by atoms with van der Waals surface area (Å²) in [5.74, 6) is 0. The van der Waals surface area contributed by atoms with Crippen LogP contribution >= 0.6 is 22.6 Å². The zero-order valence-corrected chi connectivity index (χ0v) is 7.71. The third kappa shape index (κ3) is 3.17. The van der Waals surface area contributed by atoms with E-state index in [2.05, 4.69) is 0 Å². The van der Waals surface area contributed by atoms with Gasteiger partial charge in [-0.05, 0) is 23.5 Å². The number of hydrogen-bond donors (Lipinski definition) is 2. The molecule has 0 aliphatic heterocycles. The van der Waals surface area contributed by atoms with Crippen molar-refractivity contribution in [2.24, 2.45) is 0 Å². The first kappa shape index (κ1) is 9.39. The second kappa shape index (κ2) is 3.53. The number of rotatable bonds is 2. The van der Waals surface area contributed by atoms with Gasteiger partial charge in [0.25, 0.3) is 0 Å². The van der Waals surface area contributed by atoms with E-state index in [0.717, 1.165) is 0 Å². The Hall–Kier alpha value is 0.390. The van der Waals surface area contributed by atoms with Gasteiger partial charge in [0.1, 0.15) is 0 Å². The molecule has 0 atom stereocenters. The quantitative estimate of drug-likeness (QED) is 0.711. The van der Waals surface area contributed by atoms with Crippen molar-refractivity contribution in [1.82, 2.24) is 0 Å². The highest BCUT2D eigenvalue weighted by atomic mass is 127. The standard InChI is InChI=1S/C6H11IO2/c1-6(2,9)5(3-7)4-8/h3,8-9H,4H2,1-2H3.